The number of carbonyl (C=O) groups excluding carboxylic acids is 3. The molecule has 0 radical (unpaired) electrons. The van der Waals surface area contributed by atoms with E-state index in [0.717, 1.165) is 7.11 Å². The molecule has 2 fully saturated rings. The minimum atomic E-state index is -2.00. The number of methoxy groups -OCH3 is 1. The standard InChI is InChI=1S/C14H21NO9/c1-22-13(20)14(21)4-8(16)11(9(17)5-14)23-6-24-12(19)7-2-3-10(18)15-7/h7-9,11,16-17,21H,2-6H2,1H3,(H,15,18). The largest absolute Gasteiger partial charge is 0.467 e. The topological polar surface area (TPSA) is 152 Å². The maximum Gasteiger partial charge on any atom is 0.338 e. The van der Waals surface area contributed by atoms with Crippen molar-refractivity contribution in [2.45, 2.75) is 55.6 Å². The average molecular weight is 347 g/mol. The number of ether oxygens (including phenoxy) is 3. The van der Waals surface area contributed by atoms with Crippen LogP contribution in [0.5, 0.6) is 0 Å². The molecule has 0 aromatic heterocycles. The summed E-state index contributed by atoms with van der Waals surface area (Å²) in [5, 5.41) is 32.5. The number of hydrogen-bond donors (Lipinski definition) is 4. The van der Waals surface area contributed by atoms with Crippen LogP contribution >= 0.6 is 0 Å². The van der Waals surface area contributed by atoms with Crippen LogP contribution in [0.25, 0.3) is 0 Å². The third kappa shape index (κ3) is 4.01. The fourth-order valence-corrected chi connectivity index (χ4v) is 2.90. The third-order valence-electron chi connectivity index (χ3n) is 4.16. The van der Waals surface area contributed by atoms with Crippen LogP contribution in [0, 0.1) is 0 Å². The molecular weight excluding hydrogens is 326 g/mol. The molecule has 3 unspecified atom stereocenters. The molecule has 4 N–H and O–H groups in total. The first kappa shape index (κ1) is 18.6. The molecule has 1 aliphatic heterocycles. The zero-order valence-electron chi connectivity index (χ0n) is 13.1. The summed E-state index contributed by atoms with van der Waals surface area (Å²) in [5.41, 5.74) is -2.00. The zero-order chi connectivity index (χ0) is 17.9. The van der Waals surface area contributed by atoms with Crippen LogP contribution in [0.15, 0.2) is 0 Å². The number of esters is 2. The minimum Gasteiger partial charge on any atom is -0.467 e. The second-order valence-electron chi connectivity index (χ2n) is 5.94. The van der Waals surface area contributed by atoms with Crippen molar-refractivity contribution in [3.8, 4) is 0 Å². The molecule has 2 aliphatic rings. The predicted molar refractivity (Wildman–Crippen MR) is 75.2 cm³/mol. The number of carbonyl (C=O) groups is 3. The number of nitrogens with one attached hydrogen (secondary N) is 1. The van der Waals surface area contributed by atoms with Crippen molar-refractivity contribution >= 4 is 17.8 Å². The van der Waals surface area contributed by atoms with Gasteiger partial charge >= 0.3 is 11.9 Å². The Morgan fingerprint density at radius 2 is 1.92 bits per heavy atom. The van der Waals surface area contributed by atoms with Gasteiger partial charge in [-0.3, -0.25) is 4.79 Å². The van der Waals surface area contributed by atoms with Crippen molar-refractivity contribution in [1.82, 2.24) is 5.32 Å². The highest BCUT2D eigenvalue weighted by atomic mass is 16.7. The Labute approximate surface area is 137 Å². The molecule has 136 valence electrons. The molecule has 2 rings (SSSR count). The zero-order valence-corrected chi connectivity index (χ0v) is 13.1. The third-order valence-corrected chi connectivity index (χ3v) is 4.16. The van der Waals surface area contributed by atoms with E-state index in [-0.39, 0.29) is 25.2 Å². The van der Waals surface area contributed by atoms with Gasteiger partial charge in [-0.05, 0) is 6.42 Å². The van der Waals surface area contributed by atoms with Gasteiger partial charge in [-0.15, -0.1) is 0 Å². The van der Waals surface area contributed by atoms with Crippen molar-refractivity contribution in [3.05, 3.63) is 0 Å². The molecule has 1 heterocycles. The van der Waals surface area contributed by atoms with E-state index < -0.39 is 48.7 Å². The first-order valence-electron chi connectivity index (χ1n) is 7.51. The van der Waals surface area contributed by atoms with Crippen molar-refractivity contribution < 1.29 is 43.9 Å². The molecule has 0 aromatic carbocycles. The highest BCUT2D eigenvalue weighted by Gasteiger charge is 2.50. The Bertz CT molecular complexity index is 496. The predicted octanol–water partition coefficient (Wildman–Crippen LogP) is -2.43. The summed E-state index contributed by atoms with van der Waals surface area (Å²) in [7, 11) is 1.09. The molecule has 0 aromatic rings. The molecule has 1 saturated heterocycles. The van der Waals surface area contributed by atoms with Crippen LogP contribution in [0.1, 0.15) is 25.7 Å². The van der Waals surface area contributed by atoms with Gasteiger partial charge in [-0.25, -0.2) is 9.59 Å². The van der Waals surface area contributed by atoms with Crippen LogP contribution in [-0.4, -0.2) is 77.0 Å². The Hall–Kier alpha value is -1.75. The molecule has 10 heteroatoms. The lowest BCUT2D eigenvalue weighted by atomic mass is 9.79. The summed E-state index contributed by atoms with van der Waals surface area (Å²) in [6.45, 7) is -0.541. The van der Waals surface area contributed by atoms with Crippen molar-refractivity contribution in [3.63, 3.8) is 0 Å². The van der Waals surface area contributed by atoms with E-state index >= 15 is 0 Å². The molecular formula is C14H21NO9. The van der Waals surface area contributed by atoms with E-state index in [9.17, 15) is 29.7 Å². The highest BCUT2D eigenvalue weighted by Crippen LogP contribution is 2.31. The first-order chi connectivity index (χ1) is 11.3. The lowest BCUT2D eigenvalue weighted by Gasteiger charge is -2.40. The van der Waals surface area contributed by atoms with Gasteiger partial charge in [0.05, 0.1) is 19.3 Å². The number of hydrogen-bond acceptors (Lipinski definition) is 9. The van der Waals surface area contributed by atoms with E-state index in [0.29, 0.717) is 6.42 Å². The summed E-state index contributed by atoms with van der Waals surface area (Å²) in [4.78, 5) is 34.2. The highest BCUT2D eigenvalue weighted by molar-refractivity contribution is 5.88. The van der Waals surface area contributed by atoms with Crippen molar-refractivity contribution in [2.24, 2.45) is 0 Å². The molecule has 10 nitrogen and oxygen atoms in total. The van der Waals surface area contributed by atoms with Gasteiger partial charge in [-0.1, -0.05) is 0 Å². The average Bonchev–Trinajstić information content (AvgIpc) is 2.95. The minimum absolute atomic E-state index is 0.238. The second-order valence-corrected chi connectivity index (χ2v) is 5.94. The molecule has 0 spiro atoms. The number of aliphatic hydroxyl groups excluding tert-OH is 2. The smallest absolute Gasteiger partial charge is 0.338 e. The van der Waals surface area contributed by atoms with Gasteiger partial charge < -0.3 is 34.8 Å². The summed E-state index contributed by atoms with van der Waals surface area (Å²) in [5.74, 6) is -1.87. The van der Waals surface area contributed by atoms with Crippen molar-refractivity contribution in [2.75, 3.05) is 13.9 Å². The Kier molecular flexibility index (Phi) is 5.75. The Balaban J connectivity index is 1.82. The number of aliphatic hydroxyl groups is 3. The van der Waals surface area contributed by atoms with Crippen LogP contribution in [-0.2, 0) is 28.6 Å². The van der Waals surface area contributed by atoms with Gasteiger partial charge in [-0.2, -0.15) is 0 Å². The summed E-state index contributed by atoms with van der Waals surface area (Å²) < 4.78 is 14.4. The van der Waals surface area contributed by atoms with E-state index in [2.05, 4.69) is 10.1 Å². The number of amides is 1. The van der Waals surface area contributed by atoms with E-state index in [1.165, 1.54) is 0 Å². The molecule has 1 aliphatic carbocycles. The SMILES string of the molecule is COC(=O)C1(O)CC(O)C(OCOC(=O)C2CCC(=O)N2)C(O)C1. The van der Waals surface area contributed by atoms with Crippen LogP contribution in [0.3, 0.4) is 0 Å². The number of rotatable bonds is 5. The molecule has 24 heavy (non-hydrogen) atoms. The van der Waals surface area contributed by atoms with Gasteiger partial charge in [0.25, 0.3) is 0 Å². The molecule has 1 saturated carbocycles. The van der Waals surface area contributed by atoms with Gasteiger partial charge in [0.2, 0.25) is 5.91 Å². The van der Waals surface area contributed by atoms with Crippen molar-refractivity contribution in [1.29, 1.82) is 0 Å². The lowest BCUT2D eigenvalue weighted by molar-refractivity contribution is -0.214. The van der Waals surface area contributed by atoms with Crippen LogP contribution in [0.2, 0.25) is 0 Å². The second kappa shape index (κ2) is 7.43. The normalized spacial score (nSPS) is 36.1. The monoisotopic (exact) mass is 347 g/mol. The van der Waals surface area contributed by atoms with Gasteiger partial charge in [0.1, 0.15) is 12.1 Å². The Morgan fingerprint density at radius 1 is 1.29 bits per heavy atom. The summed E-state index contributed by atoms with van der Waals surface area (Å²) in [6, 6.07) is -0.730. The summed E-state index contributed by atoms with van der Waals surface area (Å²) in [6.07, 6.45) is -4.04. The van der Waals surface area contributed by atoms with Crippen LogP contribution < -0.4 is 5.32 Å². The maximum atomic E-state index is 11.7. The summed E-state index contributed by atoms with van der Waals surface area (Å²) >= 11 is 0. The quantitative estimate of drug-likeness (QED) is 0.314. The van der Waals surface area contributed by atoms with E-state index in [1.54, 1.807) is 0 Å². The lowest BCUT2D eigenvalue weighted by Crippen LogP contribution is -2.57. The van der Waals surface area contributed by atoms with E-state index in [4.69, 9.17) is 9.47 Å². The fraction of sp³-hybridized carbons (Fsp3) is 0.786. The maximum absolute atomic E-state index is 11.7. The first-order valence-corrected chi connectivity index (χ1v) is 7.51. The van der Waals surface area contributed by atoms with E-state index in [1.807, 2.05) is 0 Å². The van der Waals surface area contributed by atoms with Gasteiger partial charge in [0, 0.05) is 19.3 Å². The fourth-order valence-electron chi connectivity index (χ4n) is 2.90. The van der Waals surface area contributed by atoms with Gasteiger partial charge in [0.15, 0.2) is 12.4 Å². The Morgan fingerprint density at radius 3 is 2.42 bits per heavy atom. The molecule has 1 amide bonds. The molecule has 3 atom stereocenters. The van der Waals surface area contributed by atoms with Crippen LogP contribution in [0.4, 0.5) is 0 Å². The molecule has 0 bridgehead atoms.